The van der Waals surface area contributed by atoms with Crippen molar-refractivity contribution >= 4 is 18.0 Å². The van der Waals surface area contributed by atoms with Crippen LogP contribution < -0.4 is 0 Å². The van der Waals surface area contributed by atoms with Gasteiger partial charge in [-0.05, 0) is 0 Å². The van der Waals surface area contributed by atoms with E-state index in [1.807, 2.05) is 0 Å². The van der Waals surface area contributed by atoms with Gasteiger partial charge in [0.25, 0.3) is 0 Å². The van der Waals surface area contributed by atoms with E-state index in [1.165, 1.54) is 6.08 Å². The summed E-state index contributed by atoms with van der Waals surface area (Å²) in [5, 5.41) is 0. The molecular weight excluding hydrogens is 253 g/mol. The zero-order valence-corrected chi connectivity index (χ0v) is 11.7. The van der Waals surface area contributed by atoms with E-state index in [0.29, 0.717) is 0 Å². The molecule has 0 spiro atoms. The van der Waals surface area contributed by atoms with Crippen molar-refractivity contribution in [1.29, 1.82) is 0 Å². The van der Waals surface area contributed by atoms with Crippen LogP contribution in [-0.4, -0.2) is 37.7 Å². The molecule has 7 heteroatoms. The van der Waals surface area contributed by atoms with Gasteiger partial charge in [0.05, 0.1) is 0 Å². The molecule has 16 heavy (non-hydrogen) atoms. The summed E-state index contributed by atoms with van der Waals surface area (Å²) in [5.74, 6) is 0. The molecule has 0 rings (SSSR count). The average molecular weight is 274 g/mol. The van der Waals surface area contributed by atoms with E-state index in [1.54, 1.807) is 27.7 Å². The van der Waals surface area contributed by atoms with Gasteiger partial charge in [-0.15, -0.1) is 0 Å². The fraction of sp³-hybridized carbons (Fsp3) is 0.778. The van der Waals surface area contributed by atoms with Crippen LogP contribution in [-0.2, 0) is 4.74 Å². The van der Waals surface area contributed by atoms with Crippen molar-refractivity contribution in [2.45, 2.75) is 39.5 Å². The number of halogens is 1. The van der Waals surface area contributed by atoms with Crippen LogP contribution in [0.5, 0.6) is 0 Å². The maximum absolute atomic E-state index is 9.58. The van der Waals surface area contributed by atoms with Gasteiger partial charge in [-0.25, -0.2) is 0 Å². The molecule has 0 aromatic rings. The van der Waals surface area contributed by atoms with Crippen LogP contribution in [0.4, 0.5) is 0 Å². The topological polar surface area (TPSA) is 73.2 Å². The number of ether oxygens (including phenoxy) is 1. The first kappa shape index (κ1) is 16.3. The van der Waals surface area contributed by atoms with Crippen molar-refractivity contribution in [3.8, 4) is 0 Å². The summed E-state index contributed by atoms with van der Waals surface area (Å²) in [5.41, 5.74) is -1.12. The van der Waals surface area contributed by atoms with Crippen LogP contribution in [0.15, 0.2) is 12.7 Å². The molecule has 0 aliphatic heterocycles. The molecule has 0 aliphatic rings. The summed E-state index contributed by atoms with van der Waals surface area (Å²) in [4.78, 5) is 28.7. The summed E-state index contributed by atoms with van der Waals surface area (Å²) in [6, 6.07) is -0.407. The maximum atomic E-state index is 9.58. The molecule has 0 heterocycles. The Balaban J connectivity index is 5.14. The van der Waals surface area contributed by atoms with Gasteiger partial charge < -0.3 is 0 Å². The van der Waals surface area contributed by atoms with Crippen LogP contribution in [0, 0.1) is 0 Å². The van der Waals surface area contributed by atoms with Crippen molar-refractivity contribution in [2.75, 3.05) is 6.61 Å². The van der Waals surface area contributed by atoms with E-state index >= 15 is 0 Å². The number of hydrogen-bond acceptors (Lipinski definition) is 5. The van der Waals surface area contributed by atoms with E-state index in [0.717, 1.165) is 4.67 Å². The molecule has 0 aromatic carbocycles. The SMILES string of the molecule is C=CCOC(C)(C)N(C(C)C)P(O)(O)(O)Cl. The molecule has 0 amide bonds. The van der Waals surface area contributed by atoms with Gasteiger partial charge >= 0.3 is 101 Å². The van der Waals surface area contributed by atoms with Gasteiger partial charge in [-0.3, -0.25) is 0 Å². The van der Waals surface area contributed by atoms with Crippen molar-refractivity contribution in [1.82, 2.24) is 4.67 Å². The zero-order chi connectivity index (χ0) is 13.2. The summed E-state index contributed by atoms with van der Waals surface area (Å²) in [7, 11) is 0. The first-order valence-corrected chi connectivity index (χ1v) is 7.87. The van der Waals surface area contributed by atoms with E-state index in [9.17, 15) is 14.7 Å². The Morgan fingerprint density at radius 1 is 1.44 bits per heavy atom. The van der Waals surface area contributed by atoms with Crippen LogP contribution in [0.2, 0.25) is 0 Å². The second-order valence-electron chi connectivity index (χ2n) is 4.32. The molecule has 0 radical (unpaired) electrons. The van der Waals surface area contributed by atoms with Crippen molar-refractivity contribution < 1.29 is 19.4 Å². The molecule has 0 aliphatic carbocycles. The van der Waals surface area contributed by atoms with Gasteiger partial charge in [0, 0.05) is 0 Å². The Labute approximate surface area is 101 Å². The Morgan fingerprint density at radius 2 is 1.88 bits per heavy atom. The minimum atomic E-state index is -5.36. The Bertz CT molecular complexity index is 253. The molecule has 0 bridgehead atoms. The molecule has 0 saturated heterocycles. The molecule has 0 unspecified atom stereocenters. The molecule has 0 aromatic heterocycles. The van der Waals surface area contributed by atoms with Gasteiger partial charge in [0.15, 0.2) is 0 Å². The molecule has 0 fully saturated rings. The van der Waals surface area contributed by atoms with Crippen molar-refractivity contribution in [2.24, 2.45) is 0 Å². The fourth-order valence-corrected chi connectivity index (χ4v) is 4.51. The number of rotatable bonds is 6. The quantitative estimate of drug-likeness (QED) is 0.392. The van der Waals surface area contributed by atoms with Crippen molar-refractivity contribution in [3.63, 3.8) is 0 Å². The average Bonchev–Trinajstić information content (AvgIpc) is 1.94. The second kappa shape index (κ2) is 4.86. The van der Waals surface area contributed by atoms with Crippen LogP contribution in [0.1, 0.15) is 27.7 Å². The first-order chi connectivity index (χ1) is 6.88. The fourth-order valence-electron chi connectivity index (χ4n) is 1.76. The van der Waals surface area contributed by atoms with Gasteiger partial charge in [-0.2, -0.15) is 0 Å². The van der Waals surface area contributed by atoms with Crippen LogP contribution in [0.25, 0.3) is 0 Å². The summed E-state index contributed by atoms with van der Waals surface area (Å²) >= 11 is 5.43. The second-order valence-corrected chi connectivity index (χ2v) is 8.25. The summed E-state index contributed by atoms with van der Waals surface area (Å²) in [6.45, 7) is 4.86. The van der Waals surface area contributed by atoms with E-state index in [4.69, 9.17) is 16.0 Å². The third kappa shape index (κ3) is 4.63. The third-order valence-corrected chi connectivity index (χ3v) is 4.14. The molecule has 98 valence electrons. The Hall–Kier alpha value is 0.260. The third-order valence-electron chi connectivity index (χ3n) is 1.97. The Morgan fingerprint density at radius 3 is 2.12 bits per heavy atom. The summed E-state index contributed by atoms with van der Waals surface area (Å²) in [6.07, 6.45) is 1.52. The normalized spacial score (nSPS) is 16.2. The van der Waals surface area contributed by atoms with Crippen molar-refractivity contribution in [3.05, 3.63) is 12.7 Å². The molecule has 5 nitrogen and oxygen atoms in total. The van der Waals surface area contributed by atoms with Crippen LogP contribution in [0.3, 0.4) is 0 Å². The van der Waals surface area contributed by atoms with E-state index in [-0.39, 0.29) is 6.61 Å². The summed E-state index contributed by atoms with van der Waals surface area (Å²) < 4.78 is 6.33. The number of nitrogens with zero attached hydrogens (tertiary/aromatic N) is 1. The first-order valence-electron chi connectivity index (χ1n) is 4.91. The zero-order valence-electron chi connectivity index (χ0n) is 10.1. The van der Waals surface area contributed by atoms with Gasteiger partial charge in [-0.1, -0.05) is 0 Å². The standard InChI is InChI=1S/C9H21ClNO4P/c1-6-7-15-9(4,5)11(8(2)3)16(10,12,13)14/h6,8,12-14H,1,7H2,2-5H3. The van der Waals surface area contributed by atoms with E-state index in [2.05, 4.69) is 6.58 Å². The molecule has 0 atom stereocenters. The Kier molecular flexibility index (Phi) is 4.94. The van der Waals surface area contributed by atoms with E-state index < -0.39 is 18.6 Å². The van der Waals surface area contributed by atoms with Gasteiger partial charge in [0.2, 0.25) is 0 Å². The predicted octanol–water partition coefficient (Wildman–Crippen LogP) is 1.98. The number of hydrogen-bond donors (Lipinski definition) is 3. The molecule has 3 N–H and O–H groups in total. The van der Waals surface area contributed by atoms with Gasteiger partial charge in [0.1, 0.15) is 0 Å². The van der Waals surface area contributed by atoms with Crippen LogP contribution >= 0.6 is 18.0 Å². The monoisotopic (exact) mass is 273 g/mol. The predicted molar refractivity (Wildman–Crippen MR) is 66.6 cm³/mol. The minimum absolute atomic E-state index is 0.208. The molecular formula is C9H21ClNO4P. The molecule has 0 saturated carbocycles.